The van der Waals surface area contributed by atoms with Crippen LogP contribution in [0.3, 0.4) is 0 Å². The molecule has 1 rings (SSSR count). The molecule has 0 aliphatic carbocycles. The van der Waals surface area contributed by atoms with Gasteiger partial charge in [0.2, 0.25) is 11.8 Å². The van der Waals surface area contributed by atoms with Crippen LogP contribution in [0.2, 0.25) is 0 Å². The Balaban J connectivity index is 2.59. The highest BCUT2D eigenvalue weighted by molar-refractivity contribution is 5.86. The van der Waals surface area contributed by atoms with E-state index in [-0.39, 0.29) is 6.42 Å². The van der Waals surface area contributed by atoms with Crippen LogP contribution in [0.1, 0.15) is 12.0 Å². The molecule has 1 aromatic carbocycles. The van der Waals surface area contributed by atoms with E-state index in [1.54, 1.807) is 30.3 Å². The Morgan fingerprint density at radius 1 is 1.20 bits per heavy atom. The molecule has 1 aromatic rings. The minimum atomic E-state index is -1.62. The molecule has 0 aliphatic rings. The number of aliphatic hydroxyl groups is 1. The average Bonchev–Trinajstić information content (AvgIpc) is 2.38. The number of aliphatic hydroxyl groups excluding tert-OH is 1. The second kappa shape index (κ2) is 7.25. The number of benzene rings is 1. The van der Waals surface area contributed by atoms with E-state index >= 15 is 0 Å². The normalized spacial score (nSPS) is 13.2. The van der Waals surface area contributed by atoms with Gasteiger partial charge < -0.3 is 21.3 Å². The molecular formula is C13H16N2O5. The van der Waals surface area contributed by atoms with E-state index in [0.29, 0.717) is 0 Å². The number of nitrogens with two attached hydrogens (primary N) is 1. The maximum absolute atomic E-state index is 11.7. The standard InChI is InChI=1S/C13H16N2O5/c14-12(18)10(16)7-9(13(19)20)15-11(17)6-8-4-2-1-3-5-8/h1-5,9-10,16H,6-7H2,(H2,14,18)(H,15,17)(H,19,20). The molecule has 20 heavy (non-hydrogen) atoms. The van der Waals surface area contributed by atoms with Crippen molar-refractivity contribution < 1.29 is 24.6 Å². The molecular weight excluding hydrogens is 264 g/mol. The summed E-state index contributed by atoms with van der Waals surface area (Å²) in [5.74, 6) is -2.89. The van der Waals surface area contributed by atoms with Gasteiger partial charge in [-0.1, -0.05) is 30.3 Å². The first-order chi connectivity index (χ1) is 9.40. The van der Waals surface area contributed by atoms with Crippen molar-refractivity contribution in [3.63, 3.8) is 0 Å². The first-order valence-corrected chi connectivity index (χ1v) is 5.93. The highest BCUT2D eigenvalue weighted by Gasteiger charge is 2.25. The van der Waals surface area contributed by atoms with Crippen LogP contribution in [-0.2, 0) is 20.8 Å². The van der Waals surface area contributed by atoms with Gasteiger partial charge in [-0.2, -0.15) is 0 Å². The summed E-state index contributed by atoms with van der Waals surface area (Å²) in [5, 5.41) is 20.4. The minimum absolute atomic E-state index is 0.0112. The maximum atomic E-state index is 11.7. The SMILES string of the molecule is NC(=O)C(O)CC(NC(=O)Cc1ccccc1)C(=O)O. The summed E-state index contributed by atoms with van der Waals surface area (Å²) in [4.78, 5) is 33.4. The van der Waals surface area contributed by atoms with E-state index in [1.807, 2.05) is 0 Å². The Hall–Kier alpha value is -2.41. The smallest absolute Gasteiger partial charge is 0.326 e. The van der Waals surface area contributed by atoms with Crippen molar-refractivity contribution in [1.29, 1.82) is 0 Å². The lowest BCUT2D eigenvalue weighted by atomic mass is 10.1. The van der Waals surface area contributed by atoms with Gasteiger partial charge in [0.1, 0.15) is 12.1 Å². The maximum Gasteiger partial charge on any atom is 0.326 e. The molecule has 108 valence electrons. The quantitative estimate of drug-likeness (QED) is 0.511. The second-order valence-electron chi connectivity index (χ2n) is 4.27. The number of nitrogens with one attached hydrogen (secondary N) is 1. The zero-order valence-electron chi connectivity index (χ0n) is 10.7. The second-order valence-corrected chi connectivity index (χ2v) is 4.27. The molecule has 2 unspecified atom stereocenters. The number of primary amides is 1. The highest BCUT2D eigenvalue weighted by Crippen LogP contribution is 2.02. The summed E-state index contributed by atoms with van der Waals surface area (Å²) < 4.78 is 0. The van der Waals surface area contributed by atoms with Gasteiger partial charge in [-0.25, -0.2) is 4.79 Å². The number of amides is 2. The Bertz CT molecular complexity index is 489. The molecule has 0 spiro atoms. The van der Waals surface area contributed by atoms with Crippen molar-refractivity contribution in [1.82, 2.24) is 5.32 Å². The molecule has 0 aromatic heterocycles. The molecule has 7 heteroatoms. The van der Waals surface area contributed by atoms with Crippen LogP contribution in [0.25, 0.3) is 0 Å². The van der Waals surface area contributed by atoms with Crippen LogP contribution in [-0.4, -0.2) is 40.1 Å². The molecule has 0 aliphatic heterocycles. The molecule has 2 amide bonds. The lowest BCUT2D eigenvalue weighted by molar-refractivity contribution is -0.143. The third kappa shape index (κ3) is 5.07. The predicted molar refractivity (Wildman–Crippen MR) is 69.5 cm³/mol. The third-order valence-electron chi connectivity index (χ3n) is 2.63. The molecule has 2 atom stereocenters. The summed E-state index contributed by atoms with van der Waals surface area (Å²) >= 11 is 0. The van der Waals surface area contributed by atoms with Gasteiger partial charge in [-0.3, -0.25) is 9.59 Å². The van der Waals surface area contributed by atoms with Gasteiger partial charge in [0.05, 0.1) is 6.42 Å². The fourth-order valence-corrected chi connectivity index (χ4v) is 1.59. The van der Waals surface area contributed by atoms with Gasteiger partial charge in [-0.15, -0.1) is 0 Å². The molecule has 7 nitrogen and oxygen atoms in total. The van der Waals surface area contributed by atoms with E-state index in [9.17, 15) is 19.5 Å². The first-order valence-electron chi connectivity index (χ1n) is 5.93. The predicted octanol–water partition coefficient (Wildman–Crippen LogP) is -0.965. The van der Waals surface area contributed by atoms with E-state index in [4.69, 9.17) is 10.8 Å². The molecule has 0 fully saturated rings. The molecule has 0 heterocycles. The fraction of sp³-hybridized carbons (Fsp3) is 0.308. The van der Waals surface area contributed by atoms with Crippen LogP contribution < -0.4 is 11.1 Å². The first kappa shape index (κ1) is 15.6. The van der Waals surface area contributed by atoms with Crippen molar-refractivity contribution in [2.75, 3.05) is 0 Å². The van der Waals surface area contributed by atoms with E-state index in [1.165, 1.54) is 0 Å². The third-order valence-corrected chi connectivity index (χ3v) is 2.63. The zero-order chi connectivity index (χ0) is 15.1. The average molecular weight is 280 g/mol. The Morgan fingerprint density at radius 2 is 1.80 bits per heavy atom. The van der Waals surface area contributed by atoms with Gasteiger partial charge in [-0.05, 0) is 5.56 Å². The van der Waals surface area contributed by atoms with Crippen molar-refractivity contribution in [3.05, 3.63) is 35.9 Å². The molecule has 0 saturated carbocycles. The Labute approximate surface area is 115 Å². The molecule has 0 saturated heterocycles. The van der Waals surface area contributed by atoms with Crippen molar-refractivity contribution >= 4 is 17.8 Å². The Kier molecular flexibility index (Phi) is 5.67. The van der Waals surface area contributed by atoms with Crippen LogP contribution in [0.4, 0.5) is 0 Å². The lowest BCUT2D eigenvalue weighted by Crippen LogP contribution is -2.45. The molecule has 0 radical (unpaired) electrons. The summed E-state index contributed by atoms with van der Waals surface area (Å²) in [5.41, 5.74) is 5.57. The highest BCUT2D eigenvalue weighted by atomic mass is 16.4. The summed E-state index contributed by atoms with van der Waals surface area (Å²) in [6.45, 7) is 0. The number of hydrogen-bond acceptors (Lipinski definition) is 4. The van der Waals surface area contributed by atoms with E-state index < -0.39 is 36.4 Å². The van der Waals surface area contributed by atoms with Gasteiger partial charge >= 0.3 is 5.97 Å². The monoisotopic (exact) mass is 280 g/mol. The largest absolute Gasteiger partial charge is 0.480 e. The van der Waals surface area contributed by atoms with Crippen molar-refractivity contribution in [2.24, 2.45) is 5.73 Å². The number of carbonyl (C=O) groups excluding carboxylic acids is 2. The number of aliphatic carboxylic acids is 1. The number of rotatable bonds is 7. The van der Waals surface area contributed by atoms with Crippen LogP contribution >= 0.6 is 0 Å². The van der Waals surface area contributed by atoms with Crippen molar-refractivity contribution in [3.8, 4) is 0 Å². The Morgan fingerprint density at radius 3 is 2.30 bits per heavy atom. The van der Waals surface area contributed by atoms with Gasteiger partial charge in [0, 0.05) is 6.42 Å². The lowest BCUT2D eigenvalue weighted by Gasteiger charge is -2.16. The number of carboxylic acids is 1. The van der Waals surface area contributed by atoms with Crippen LogP contribution in [0, 0.1) is 0 Å². The van der Waals surface area contributed by atoms with E-state index in [0.717, 1.165) is 5.56 Å². The van der Waals surface area contributed by atoms with Crippen LogP contribution in [0.5, 0.6) is 0 Å². The number of hydrogen-bond donors (Lipinski definition) is 4. The number of carbonyl (C=O) groups is 3. The molecule has 0 bridgehead atoms. The summed E-state index contributed by atoms with van der Waals surface area (Å²) in [6, 6.07) is 7.41. The number of carboxylic acid groups (broad SMARTS) is 1. The van der Waals surface area contributed by atoms with Crippen LogP contribution in [0.15, 0.2) is 30.3 Å². The van der Waals surface area contributed by atoms with Crippen molar-refractivity contribution in [2.45, 2.75) is 25.0 Å². The van der Waals surface area contributed by atoms with Gasteiger partial charge in [0.15, 0.2) is 0 Å². The summed E-state index contributed by atoms with van der Waals surface area (Å²) in [7, 11) is 0. The topological polar surface area (TPSA) is 130 Å². The van der Waals surface area contributed by atoms with E-state index in [2.05, 4.69) is 5.32 Å². The molecule has 5 N–H and O–H groups in total. The van der Waals surface area contributed by atoms with Gasteiger partial charge in [0.25, 0.3) is 0 Å². The summed E-state index contributed by atoms with van der Waals surface area (Å²) in [6.07, 6.45) is -2.07. The minimum Gasteiger partial charge on any atom is -0.480 e. The zero-order valence-corrected chi connectivity index (χ0v) is 10.7. The fourth-order valence-electron chi connectivity index (χ4n) is 1.59.